The van der Waals surface area contributed by atoms with E-state index in [0.717, 1.165) is 44.8 Å². The SMILES string of the molecule is CC(c1ccc(OC(F)F)cc1)N1CCN(C2CCNC2)CC1.Cl. The van der Waals surface area contributed by atoms with Gasteiger partial charge < -0.3 is 10.1 Å². The largest absolute Gasteiger partial charge is 0.435 e. The Morgan fingerprint density at radius 1 is 1.12 bits per heavy atom. The van der Waals surface area contributed by atoms with Crippen molar-refractivity contribution in [3.05, 3.63) is 29.8 Å². The van der Waals surface area contributed by atoms with Crippen molar-refractivity contribution < 1.29 is 13.5 Å². The number of halogens is 3. The van der Waals surface area contributed by atoms with E-state index in [1.165, 1.54) is 6.42 Å². The second kappa shape index (κ2) is 8.94. The van der Waals surface area contributed by atoms with Crippen LogP contribution in [0.1, 0.15) is 24.9 Å². The lowest BCUT2D eigenvalue weighted by Gasteiger charge is -2.40. The summed E-state index contributed by atoms with van der Waals surface area (Å²) in [5.41, 5.74) is 1.14. The van der Waals surface area contributed by atoms with Crippen molar-refractivity contribution in [2.45, 2.75) is 32.0 Å². The fraction of sp³-hybridized carbons (Fsp3) is 0.647. The van der Waals surface area contributed by atoms with Gasteiger partial charge >= 0.3 is 6.61 Å². The zero-order chi connectivity index (χ0) is 16.2. The fourth-order valence-corrected chi connectivity index (χ4v) is 3.58. The summed E-state index contributed by atoms with van der Waals surface area (Å²) in [7, 11) is 0. The molecule has 2 atom stereocenters. The van der Waals surface area contributed by atoms with Gasteiger partial charge in [0.05, 0.1) is 0 Å². The Morgan fingerprint density at radius 2 is 1.79 bits per heavy atom. The summed E-state index contributed by atoms with van der Waals surface area (Å²) in [5.74, 6) is 0.217. The van der Waals surface area contributed by atoms with Crippen molar-refractivity contribution in [3.63, 3.8) is 0 Å². The monoisotopic (exact) mass is 361 g/mol. The molecule has 1 aromatic carbocycles. The van der Waals surface area contributed by atoms with Gasteiger partial charge in [-0.2, -0.15) is 8.78 Å². The molecule has 3 rings (SSSR count). The van der Waals surface area contributed by atoms with E-state index in [2.05, 4.69) is 26.8 Å². The number of nitrogens with zero attached hydrogens (tertiary/aromatic N) is 2. The molecule has 2 fully saturated rings. The van der Waals surface area contributed by atoms with E-state index in [-0.39, 0.29) is 18.2 Å². The zero-order valence-corrected chi connectivity index (χ0v) is 14.8. The van der Waals surface area contributed by atoms with Crippen molar-refractivity contribution in [2.75, 3.05) is 39.3 Å². The van der Waals surface area contributed by atoms with Gasteiger partial charge in [-0.1, -0.05) is 12.1 Å². The smallest absolute Gasteiger partial charge is 0.387 e. The number of rotatable bonds is 5. The molecule has 2 unspecified atom stereocenters. The van der Waals surface area contributed by atoms with Crippen LogP contribution in [-0.2, 0) is 0 Å². The summed E-state index contributed by atoms with van der Waals surface area (Å²) in [4.78, 5) is 5.05. The van der Waals surface area contributed by atoms with Crippen LogP contribution in [0.25, 0.3) is 0 Å². The van der Waals surface area contributed by atoms with Crippen molar-refractivity contribution >= 4 is 12.4 Å². The maximum atomic E-state index is 12.2. The highest BCUT2D eigenvalue weighted by molar-refractivity contribution is 5.85. The van der Waals surface area contributed by atoms with Crippen LogP contribution in [-0.4, -0.2) is 61.7 Å². The highest BCUT2D eigenvalue weighted by Crippen LogP contribution is 2.25. The molecule has 0 bridgehead atoms. The quantitative estimate of drug-likeness (QED) is 0.872. The maximum Gasteiger partial charge on any atom is 0.387 e. The number of piperazine rings is 1. The second-order valence-electron chi connectivity index (χ2n) is 6.34. The molecule has 0 radical (unpaired) electrons. The number of hydrogen-bond donors (Lipinski definition) is 1. The Balaban J connectivity index is 0.00000208. The van der Waals surface area contributed by atoms with Crippen LogP contribution in [0.5, 0.6) is 5.75 Å². The van der Waals surface area contributed by atoms with Crippen LogP contribution in [0.15, 0.2) is 24.3 Å². The zero-order valence-electron chi connectivity index (χ0n) is 14.0. The molecule has 2 aliphatic rings. The molecule has 2 aliphatic heterocycles. The van der Waals surface area contributed by atoms with Gasteiger partial charge in [0.1, 0.15) is 5.75 Å². The van der Waals surface area contributed by atoms with E-state index in [4.69, 9.17) is 0 Å². The Labute approximate surface area is 148 Å². The van der Waals surface area contributed by atoms with Gasteiger partial charge in [0.2, 0.25) is 0 Å². The average molecular weight is 362 g/mol. The van der Waals surface area contributed by atoms with Gasteiger partial charge in [0.15, 0.2) is 0 Å². The molecule has 2 saturated heterocycles. The normalized spacial score (nSPS) is 23.9. The molecule has 0 spiro atoms. The summed E-state index contributed by atoms with van der Waals surface area (Å²) in [6, 6.07) is 8.00. The molecule has 0 aliphatic carbocycles. The lowest BCUT2D eigenvalue weighted by Crippen LogP contribution is -2.51. The maximum absolute atomic E-state index is 12.2. The molecular weight excluding hydrogens is 336 g/mol. The van der Waals surface area contributed by atoms with Crippen molar-refractivity contribution in [1.29, 1.82) is 0 Å². The molecule has 1 aromatic rings. The number of nitrogens with one attached hydrogen (secondary N) is 1. The molecule has 136 valence electrons. The van der Waals surface area contributed by atoms with Gasteiger partial charge in [-0.25, -0.2) is 0 Å². The number of hydrogen-bond acceptors (Lipinski definition) is 4. The highest BCUT2D eigenvalue weighted by Gasteiger charge is 2.28. The van der Waals surface area contributed by atoms with Crippen molar-refractivity contribution in [3.8, 4) is 5.75 Å². The van der Waals surface area contributed by atoms with E-state index >= 15 is 0 Å². The first-order valence-corrected chi connectivity index (χ1v) is 8.37. The lowest BCUT2D eigenvalue weighted by atomic mass is 10.1. The predicted molar refractivity (Wildman–Crippen MR) is 93.2 cm³/mol. The van der Waals surface area contributed by atoms with E-state index in [1.807, 2.05) is 12.1 Å². The minimum absolute atomic E-state index is 0. The Kier molecular flexibility index (Phi) is 7.22. The number of benzene rings is 1. The number of ether oxygens (including phenoxy) is 1. The summed E-state index contributed by atoms with van der Waals surface area (Å²) < 4.78 is 28.8. The van der Waals surface area contributed by atoms with Gasteiger partial charge in [-0.15, -0.1) is 12.4 Å². The van der Waals surface area contributed by atoms with Crippen molar-refractivity contribution in [1.82, 2.24) is 15.1 Å². The minimum Gasteiger partial charge on any atom is -0.435 e. The lowest BCUT2D eigenvalue weighted by molar-refractivity contribution is -0.0498. The van der Waals surface area contributed by atoms with Gasteiger partial charge in [0, 0.05) is 44.8 Å². The van der Waals surface area contributed by atoms with Gasteiger partial charge in [0.25, 0.3) is 0 Å². The third kappa shape index (κ3) is 4.79. The summed E-state index contributed by atoms with van der Waals surface area (Å²) >= 11 is 0. The molecule has 1 N–H and O–H groups in total. The first-order chi connectivity index (χ1) is 11.1. The van der Waals surface area contributed by atoms with Crippen LogP contribution in [0.2, 0.25) is 0 Å². The Bertz CT molecular complexity index is 489. The van der Waals surface area contributed by atoms with Gasteiger partial charge in [-0.05, 0) is 37.6 Å². The molecule has 4 nitrogen and oxygen atoms in total. The first kappa shape index (κ1) is 19.4. The third-order valence-corrected chi connectivity index (χ3v) is 5.03. The average Bonchev–Trinajstić information content (AvgIpc) is 3.09. The predicted octanol–water partition coefficient (Wildman–Crippen LogP) is 2.75. The second-order valence-corrected chi connectivity index (χ2v) is 6.34. The number of alkyl halides is 2. The molecule has 0 aromatic heterocycles. The topological polar surface area (TPSA) is 27.7 Å². The molecule has 2 heterocycles. The minimum atomic E-state index is -2.77. The van der Waals surface area contributed by atoms with Gasteiger partial charge in [-0.3, -0.25) is 9.80 Å². The van der Waals surface area contributed by atoms with E-state index < -0.39 is 6.61 Å². The Morgan fingerprint density at radius 3 is 2.33 bits per heavy atom. The van der Waals surface area contributed by atoms with Crippen LogP contribution < -0.4 is 10.1 Å². The van der Waals surface area contributed by atoms with Crippen LogP contribution in [0.3, 0.4) is 0 Å². The third-order valence-electron chi connectivity index (χ3n) is 5.03. The standard InChI is InChI=1S/C17H25F2N3O.ClH/c1-13(14-2-4-16(5-3-14)23-17(18)19)21-8-10-22(11-9-21)15-6-7-20-12-15;/h2-5,13,15,17,20H,6-12H2,1H3;1H. The summed E-state index contributed by atoms with van der Waals surface area (Å²) in [5, 5.41) is 3.43. The van der Waals surface area contributed by atoms with E-state index in [9.17, 15) is 8.78 Å². The fourth-order valence-electron chi connectivity index (χ4n) is 3.58. The summed E-state index contributed by atoms with van der Waals surface area (Å²) in [6.45, 7) is 5.95. The molecular formula is C17H26ClF2N3O. The summed E-state index contributed by atoms with van der Waals surface area (Å²) in [6.07, 6.45) is 1.25. The van der Waals surface area contributed by atoms with E-state index in [0.29, 0.717) is 12.1 Å². The van der Waals surface area contributed by atoms with Crippen LogP contribution >= 0.6 is 12.4 Å². The van der Waals surface area contributed by atoms with E-state index in [1.54, 1.807) is 12.1 Å². The molecule has 0 amide bonds. The van der Waals surface area contributed by atoms with Crippen LogP contribution in [0, 0.1) is 0 Å². The van der Waals surface area contributed by atoms with Crippen molar-refractivity contribution in [2.24, 2.45) is 0 Å². The molecule has 7 heteroatoms. The molecule has 0 saturated carbocycles. The highest BCUT2D eigenvalue weighted by atomic mass is 35.5. The van der Waals surface area contributed by atoms with Crippen LogP contribution in [0.4, 0.5) is 8.78 Å². The first-order valence-electron chi connectivity index (χ1n) is 8.37. The Hall–Kier alpha value is -0.950. The molecule has 24 heavy (non-hydrogen) atoms.